The van der Waals surface area contributed by atoms with Crippen LogP contribution < -0.4 is 5.73 Å². The van der Waals surface area contributed by atoms with Gasteiger partial charge in [0.1, 0.15) is 0 Å². The van der Waals surface area contributed by atoms with Gasteiger partial charge in [0, 0.05) is 38.6 Å². The lowest BCUT2D eigenvalue weighted by atomic mass is 9.83. The monoisotopic (exact) mass is 357 g/mol. The van der Waals surface area contributed by atoms with E-state index < -0.39 is 0 Å². The minimum Gasteiger partial charge on any atom is -0.342 e. The molecule has 4 atom stereocenters. The van der Waals surface area contributed by atoms with Crippen LogP contribution >= 0.6 is 0 Å². The number of benzene rings is 1. The Morgan fingerprint density at radius 3 is 2.42 bits per heavy atom. The first-order valence-electron chi connectivity index (χ1n) is 10.2. The van der Waals surface area contributed by atoms with E-state index in [1.54, 1.807) is 0 Å². The summed E-state index contributed by atoms with van der Waals surface area (Å²) in [6.07, 6.45) is 3.27. The van der Waals surface area contributed by atoms with Gasteiger partial charge in [0.2, 0.25) is 5.91 Å². The molecule has 1 saturated carbocycles. The van der Waals surface area contributed by atoms with E-state index in [9.17, 15) is 4.79 Å². The molecule has 0 bridgehead atoms. The molecular formula is C22H35N3O. The molecule has 2 unspecified atom stereocenters. The number of hydrogen-bond acceptors (Lipinski definition) is 3. The largest absolute Gasteiger partial charge is 0.342 e. The molecule has 1 aromatic rings. The third-order valence-corrected chi connectivity index (χ3v) is 6.58. The molecule has 144 valence electrons. The summed E-state index contributed by atoms with van der Waals surface area (Å²) in [4.78, 5) is 17.8. The van der Waals surface area contributed by atoms with Gasteiger partial charge in [-0.25, -0.2) is 0 Å². The molecule has 0 aromatic heterocycles. The Morgan fingerprint density at radius 1 is 1.15 bits per heavy atom. The summed E-state index contributed by atoms with van der Waals surface area (Å²) in [5, 5.41) is 0. The standard InChI is InChI=1S/C22H35N3O/c1-16-13-25(15-18-8-5-4-6-9-18)14-17(2)21(16)24(3)22(26)20-11-7-10-19(20)12-23/h4-6,8-9,16-17,19-21H,7,10-15,23H2,1-3H3/t16?,17?,19-,20-,21?/m1/s1. The van der Waals surface area contributed by atoms with Crippen LogP contribution in [0.15, 0.2) is 30.3 Å². The highest BCUT2D eigenvalue weighted by atomic mass is 16.2. The van der Waals surface area contributed by atoms with Gasteiger partial charge < -0.3 is 10.6 Å². The van der Waals surface area contributed by atoms with Gasteiger partial charge in [-0.15, -0.1) is 0 Å². The number of likely N-dealkylation sites (tertiary alicyclic amines) is 1. The van der Waals surface area contributed by atoms with Crippen LogP contribution in [0.1, 0.15) is 38.7 Å². The van der Waals surface area contributed by atoms with E-state index >= 15 is 0 Å². The van der Waals surface area contributed by atoms with Crippen molar-refractivity contribution >= 4 is 5.91 Å². The SMILES string of the molecule is CC1CN(Cc2ccccc2)CC(C)C1N(C)C(=O)[C@@H]1CCC[C@@H]1CN. The second kappa shape index (κ2) is 8.53. The summed E-state index contributed by atoms with van der Waals surface area (Å²) in [5.41, 5.74) is 7.28. The summed E-state index contributed by atoms with van der Waals surface area (Å²) in [7, 11) is 2.03. The maximum atomic E-state index is 13.1. The number of hydrogen-bond donors (Lipinski definition) is 1. The third kappa shape index (κ3) is 4.12. The maximum absolute atomic E-state index is 13.1. The quantitative estimate of drug-likeness (QED) is 0.881. The Bertz CT molecular complexity index is 578. The number of nitrogens with two attached hydrogens (primary N) is 1. The molecule has 3 rings (SSSR count). The summed E-state index contributed by atoms with van der Waals surface area (Å²) >= 11 is 0. The Kier molecular flexibility index (Phi) is 6.36. The molecule has 1 aliphatic heterocycles. The second-order valence-corrected chi connectivity index (χ2v) is 8.61. The molecule has 4 heteroatoms. The lowest BCUT2D eigenvalue weighted by Crippen LogP contribution is -2.56. The molecule has 4 nitrogen and oxygen atoms in total. The summed E-state index contributed by atoms with van der Waals surface area (Å²) in [6.45, 7) is 8.34. The minimum atomic E-state index is 0.145. The molecule has 0 radical (unpaired) electrons. The van der Waals surface area contributed by atoms with Crippen LogP contribution in [0, 0.1) is 23.7 Å². The van der Waals surface area contributed by atoms with Crippen LogP contribution in [-0.2, 0) is 11.3 Å². The fourth-order valence-electron chi connectivity index (χ4n) is 5.45. The lowest BCUT2D eigenvalue weighted by Gasteiger charge is -2.46. The highest BCUT2D eigenvalue weighted by Gasteiger charge is 2.40. The van der Waals surface area contributed by atoms with Crippen LogP contribution in [0.5, 0.6) is 0 Å². The highest BCUT2D eigenvalue weighted by Crippen LogP contribution is 2.35. The van der Waals surface area contributed by atoms with Gasteiger partial charge in [-0.05, 0) is 42.7 Å². The fourth-order valence-corrected chi connectivity index (χ4v) is 5.45. The average Bonchev–Trinajstić information content (AvgIpc) is 3.10. The van der Waals surface area contributed by atoms with Crippen molar-refractivity contribution < 1.29 is 4.79 Å². The van der Waals surface area contributed by atoms with Crippen molar-refractivity contribution in [2.45, 2.75) is 45.7 Å². The van der Waals surface area contributed by atoms with Crippen molar-refractivity contribution in [3.63, 3.8) is 0 Å². The van der Waals surface area contributed by atoms with Gasteiger partial charge in [0.15, 0.2) is 0 Å². The van der Waals surface area contributed by atoms with Crippen molar-refractivity contribution in [1.29, 1.82) is 0 Å². The number of nitrogens with zero attached hydrogens (tertiary/aromatic N) is 2. The van der Waals surface area contributed by atoms with Gasteiger partial charge in [0.05, 0.1) is 0 Å². The zero-order chi connectivity index (χ0) is 18.7. The second-order valence-electron chi connectivity index (χ2n) is 8.61. The molecule has 1 aromatic carbocycles. The van der Waals surface area contributed by atoms with E-state index in [1.807, 2.05) is 7.05 Å². The van der Waals surface area contributed by atoms with E-state index in [1.165, 1.54) is 5.56 Å². The molecule has 0 spiro atoms. The zero-order valence-electron chi connectivity index (χ0n) is 16.6. The first-order valence-corrected chi connectivity index (χ1v) is 10.2. The molecule has 1 heterocycles. The molecule has 2 fully saturated rings. The molecule has 26 heavy (non-hydrogen) atoms. The van der Waals surface area contributed by atoms with E-state index in [4.69, 9.17) is 5.73 Å². The third-order valence-electron chi connectivity index (χ3n) is 6.58. The van der Waals surface area contributed by atoms with E-state index in [2.05, 4.69) is 54.0 Å². The smallest absolute Gasteiger partial charge is 0.226 e. The number of rotatable bonds is 5. The fraction of sp³-hybridized carbons (Fsp3) is 0.682. The molecule has 1 aliphatic carbocycles. The van der Waals surface area contributed by atoms with Gasteiger partial charge in [-0.1, -0.05) is 50.6 Å². The maximum Gasteiger partial charge on any atom is 0.226 e. The van der Waals surface area contributed by atoms with Crippen LogP contribution in [0.25, 0.3) is 0 Å². The van der Waals surface area contributed by atoms with Gasteiger partial charge in [-0.3, -0.25) is 9.69 Å². The minimum absolute atomic E-state index is 0.145. The van der Waals surface area contributed by atoms with Crippen molar-refractivity contribution in [2.24, 2.45) is 29.4 Å². The summed E-state index contributed by atoms with van der Waals surface area (Å²) in [6, 6.07) is 11.0. The van der Waals surface area contributed by atoms with Gasteiger partial charge in [-0.2, -0.15) is 0 Å². The summed E-state index contributed by atoms with van der Waals surface area (Å²) < 4.78 is 0. The Morgan fingerprint density at radius 2 is 1.81 bits per heavy atom. The van der Waals surface area contributed by atoms with Crippen LogP contribution in [0.4, 0.5) is 0 Å². The molecule has 1 saturated heterocycles. The first kappa shape index (κ1) is 19.4. The van der Waals surface area contributed by atoms with Crippen molar-refractivity contribution in [3.8, 4) is 0 Å². The van der Waals surface area contributed by atoms with Crippen LogP contribution in [0.2, 0.25) is 0 Å². The molecule has 2 aliphatic rings. The Hall–Kier alpha value is -1.39. The first-order chi connectivity index (χ1) is 12.5. The molecule has 1 amide bonds. The average molecular weight is 358 g/mol. The van der Waals surface area contributed by atoms with Crippen molar-refractivity contribution in [2.75, 3.05) is 26.7 Å². The topological polar surface area (TPSA) is 49.6 Å². The van der Waals surface area contributed by atoms with E-state index in [0.29, 0.717) is 36.2 Å². The van der Waals surface area contributed by atoms with Gasteiger partial charge in [0.25, 0.3) is 0 Å². The predicted octanol–water partition coefficient (Wildman–Crippen LogP) is 2.98. The Labute approximate surface area is 158 Å². The van der Waals surface area contributed by atoms with Crippen LogP contribution in [0.3, 0.4) is 0 Å². The summed E-state index contributed by atoms with van der Waals surface area (Å²) in [5.74, 6) is 1.82. The van der Waals surface area contributed by atoms with Crippen LogP contribution in [-0.4, -0.2) is 48.4 Å². The Balaban J connectivity index is 1.63. The van der Waals surface area contributed by atoms with E-state index in [-0.39, 0.29) is 5.92 Å². The van der Waals surface area contributed by atoms with Crippen molar-refractivity contribution in [1.82, 2.24) is 9.80 Å². The van der Waals surface area contributed by atoms with E-state index in [0.717, 1.165) is 38.9 Å². The number of piperidine rings is 1. The number of amides is 1. The predicted molar refractivity (Wildman–Crippen MR) is 106 cm³/mol. The number of carbonyl (C=O) groups is 1. The highest BCUT2D eigenvalue weighted by molar-refractivity contribution is 5.79. The zero-order valence-corrected chi connectivity index (χ0v) is 16.6. The molecule has 2 N–H and O–H groups in total. The lowest BCUT2D eigenvalue weighted by molar-refractivity contribution is -0.141. The normalized spacial score (nSPS) is 32.5. The molecular weight excluding hydrogens is 322 g/mol. The number of carbonyl (C=O) groups excluding carboxylic acids is 1. The van der Waals surface area contributed by atoms with Gasteiger partial charge >= 0.3 is 0 Å². The van der Waals surface area contributed by atoms with Crippen molar-refractivity contribution in [3.05, 3.63) is 35.9 Å².